The van der Waals surface area contributed by atoms with Crippen molar-refractivity contribution in [1.82, 2.24) is 0 Å². The van der Waals surface area contributed by atoms with Crippen molar-refractivity contribution in [3.63, 3.8) is 0 Å². The normalized spacial score (nSPS) is 10.1. The maximum absolute atomic E-state index is 13.4. The molecule has 0 fully saturated rings. The molecular weight excluding hydrogens is 313 g/mol. The minimum absolute atomic E-state index is 0.0996. The van der Waals surface area contributed by atoms with Gasteiger partial charge in [-0.1, -0.05) is 0 Å². The molecule has 2 rings (SSSR count). The fraction of sp³-hybridized carbons (Fsp3) is 0.176. The first-order valence-electron chi connectivity index (χ1n) is 7.28. The van der Waals surface area contributed by atoms with Crippen LogP contribution in [0.2, 0.25) is 0 Å². The molecule has 0 saturated heterocycles. The Bertz CT molecular complexity index is 732. The monoisotopic (exact) mass is 331 g/mol. The Balaban J connectivity index is 2.18. The molecule has 0 unspecified atom stereocenters. The molecule has 24 heavy (non-hydrogen) atoms. The smallest absolute Gasteiger partial charge is 0.255 e. The number of hydrogen-bond acceptors (Lipinski definition) is 4. The van der Waals surface area contributed by atoms with Crippen LogP contribution in [-0.4, -0.2) is 25.5 Å². The molecule has 0 aliphatic rings. The van der Waals surface area contributed by atoms with Gasteiger partial charge in [0.1, 0.15) is 11.6 Å². The molecule has 2 amide bonds. The second kappa shape index (κ2) is 8.07. The van der Waals surface area contributed by atoms with E-state index >= 15 is 0 Å². The molecule has 7 heteroatoms. The topological polar surface area (TPSA) is 93.5 Å². The van der Waals surface area contributed by atoms with Gasteiger partial charge in [-0.15, -0.1) is 0 Å². The lowest BCUT2D eigenvalue weighted by Crippen LogP contribution is -2.19. The number of carbonyl (C=O) groups is 2. The van der Waals surface area contributed by atoms with E-state index in [9.17, 15) is 14.0 Å². The number of methoxy groups -OCH3 is 1. The maximum Gasteiger partial charge on any atom is 0.255 e. The van der Waals surface area contributed by atoms with Gasteiger partial charge in [-0.25, -0.2) is 4.39 Å². The first-order valence-corrected chi connectivity index (χ1v) is 7.28. The lowest BCUT2D eigenvalue weighted by Gasteiger charge is -2.12. The molecule has 4 N–H and O–H groups in total. The minimum atomic E-state index is -0.527. The molecule has 0 heterocycles. The van der Waals surface area contributed by atoms with E-state index in [2.05, 4.69) is 10.6 Å². The molecule has 0 aliphatic carbocycles. The Morgan fingerprint density at radius 1 is 1.08 bits per heavy atom. The van der Waals surface area contributed by atoms with Gasteiger partial charge >= 0.3 is 0 Å². The zero-order valence-electron chi connectivity index (χ0n) is 13.1. The summed E-state index contributed by atoms with van der Waals surface area (Å²) in [5.74, 6) is -0.648. The number of amides is 2. The minimum Gasteiger partial charge on any atom is -0.497 e. The zero-order chi connectivity index (χ0) is 17.5. The van der Waals surface area contributed by atoms with Gasteiger partial charge in [-0.05, 0) is 42.5 Å². The Hall–Kier alpha value is -2.93. The molecule has 0 aromatic heterocycles. The van der Waals surface area contributed by atoms with E-state index in [1.54, 1.807) is 24.3 Å². The highest BCUT2D eigenvalue weighted by Crippen LogP contribution is 2.24. The molecule has 126 valence electrons. The van der Waals surface area contributed by atoms with Crippen LogP contribution >= 0.6 is 0 Å². The Morgan fingerprint density at radius 2 is 1.79 bits per heavy atom. The van der Waals surface area contributed by atoms with Crippen LogP contribution in [0, 0.1) is 5.82 Å². The lowest BCUT2D eigenvalue weighted by atomic mass is 10.2. The van der Waals surface area contributed by atoms with Crippen LogP contribution in [-0.2, 0) is 4.79 Å². The highest BCUT2D eigenvalue weighted by atomic mass is 19.1. The van der Waals surface area contributed by atoms with Crippen molar-refractivity contribution in [3.8, 4) is 5.75 Å². The van der Waals surface area contributed by atoms with Gasteiger partial charge in [-0.2, -0.15) is 0 Å². The van der Waals surface area contributed by atoms with Gasteiger partial charge in [0, 0.05) is 18.5 Å². The van der Waals surface area contributed by atoms with Crippen molar-refractivity contribution < 1.29 is 18.7 Å². The Morgan fingerprint density at radius 3 is 2.42 bits per heavy atom. The van der Waals surface area contributed by atoms with E-state index in [0.29, 0.717) is 17.0 Å². The van der Waals surface area contributed by atoms with Crippen LogP contribution in [0.5, 0.6) is 5.75 Å². The number of hydrogen-bond donors (Lipinski definition) is 3. The second-order valence-electron chi connectivity index (χ2n) is 4.96. The van der Waals surface area contributed by atoms with Crippen molar-refractivity contribution in [2.24, 2.45) is 5.73 Å². The summed E-state index contributed by atoms with van der Waals surface area (Å²) >= 11 is 0. The van der Waals surface area contributed by atoms with Crippen LogP contribution in [0.25, 0.3) is 0 Å². The number of anilines is 2. The van der Waals surface area contributed by atoms with Gasteiger partial charge in [0.05, 0.1) is 18.5 Å². The molecule has 0 spiro atoms. The van der Waals surface area contributed by atoms with Crippen LogP contribution in [0.1, 0.15) is 16.8 Å². The lowest BCUT2D eigenvalue weighted by molar-refractivity contribution is -0.116. The van der Waals surface area contributed by atoms with Crippen molar-refractivity contribution in [2.75, 3.05) is 24.3 Å². The predicted octanol–water partition coefficient (Wildman–Crippen LogP) is 2.37. The third-order valence-electron chi connectivity index (χ3n) is 3.23. The third-order valence-corrected chi connectivity index (χ3v) is 3.23. The van der Waals surface area contributed by atoms with Crippen LogP contribution in [0.4, 0.5) is 15.8 Å². The number of nitrogens with one attached hydrogen (secondary N) is 2. The zero-order valence-corrected chi connectivity index (χ0v) is 13.1. The highest BCUT2D eigenvalue weighted by Gasteiger charge is 2.12. The van der Waals surface area contributed by atoms with Crippen LogP contribution in [0.15, 0.2) is 42.5 Å². The van der Waals surface area contributed by atoms with Gasteiger partial charge in [0.15, 0.2) is 0 Å². The van der Waals surface area contributed by atoms with Gasteiger partial charge in [0.25, 0.3) is 5.91 Å². The average molecular weight is 331 g/mol. The predicted molar refractivity (Wildman–Crippen MR) is 89.6 cm³/mol. The maximum atomic E-state index is 13.4. The van der Waals surface area contributed by atoms with E-state index in [1.165, 1.54) is 19.2 Å². The number of benzene rings is 2. The van der Waals surface area contributed by atoms with Crippen molar-refractivity contribution in [2.45, 2.75) is 6.42 Å². The number of halogens is 1. The third kappa shape index (κ3) is 4.53. The summed E-state index contributed by atoms with van der Waals surface area (Å²) < 4.78 is 18.5. The van der Waals surface area contributed by atoms with Crippen molar-refractivity contribution >= 4 is 23.2 Å². The molecule has 0 atom stereocenters. The fourth-order valence-electron chi connectivity index (χ4n) is 2.01. The summed E-state index contributed by atoms with van der Waals surface area (Å²) in [4.78, 5) is 23.9. The summed E-state index contributed by atoms with van der Waals surface area (Å²) in [5.41, 5.74) is 6.19. The van der Waals surface area contributed by atoms with E-state index in [4.69, 9.17) is 10.5 Å². The van der Waals surface area contributed by atoms with E-state index in [-0.39, 0.29) is 24.6 Å². The van der Waals surface area contributed by atoms with E-state index < -0.39 is 11.7 Å². The van der Waals surface area contributed by atoms with Crippen molar-refractivity contribution in [1.29, 1.82) is 0 Å². The molecule has 2 aromatic rings. The summed E-state index contributed by atoms with van der Waals surface area (Å²) in [6.45, 7) is 0.175. The Labute approximate surface area is 138 Å². The molecule has 0 radical (unpaired) electrons. The molecule has 0 bridgehead atoms. The summed E-state index contributed by atoms with van der Waals surface area (Å²) in [5, 5.41) is 5.18. The highest BCUT2D eigenvalue weighted by molar-refractivity contribution is 6.07. The summed E-state index contributed by atoms with van der Waals surface area (Å²) in [6, 6.07) is 10.2. The van der Waals surface area contributed by atoms with Crippen molar-refractivity contribution in [3.05, 3.63) is 53.8 Å². The second-order valence-corrected chi connectivity index (χ2v) is 4.96. The average Bonchev–Trinajstić information content (AvgIpc) is 2.57. The number of carbonyl (C=O) groups excluding carboxylic acids is 2. The quantitative estimate of drug-likeness (QED) is 0.757. The van der Waals surface area contributed by atoms with Gasteiger partial charge < -0.3 is 21.1 Å². The van der Waals surface area contributed by atoms with Gasteiger partial charge in [0.2, 0.25) is 5.91 Å². The number of nitrogens with two attached hydrogens (primary N) is 1. The Kier molecular flexibility index (Phi) is 5.86. The number of ether oxygens (including phenoxy) is 1. The molecule has 0 saturated carbocycles. The fourth-order valence-corrected chi connectivity index (χ4v) is 2.01. The molecule has 6 nitrogen and oxygen atoms in total. The van der Waals surface area contributed by atoms with Gasteiger partial charge in [-0.3, -0.25) is 9.59 Å². The molecular formula is C17H18FN3O3. The molecule has 0 aliphatic heterocycles. The number of rotatable bonds is 6. The summed E-state index contributed by atoms with van der Waals surface area (Å²) in [6.07, 6.45) is 0.0996. The van der Waals surface area contributed by atoms with Crippen LogP contribution in [0.3, 0.4) is 0 Å². The first kappa shape index (κ1) is 17.4. The summed E-state index contributed by atoms with van der Waals surface area (Å²) in [7, 11) is 1.53. The SMILES string of the molecule is COc1ccc(C(=O)Nc2ccc(F)cc2NC(=O)CCN)cc1. The first-order chi connectivity index (χ1) is 11.5. The standard InChI is InChI=1S/C17H18FN3O3/c1-24-13-5-2-11(3-6-13)17(23)21-14-7-4-12(18)10-15(14)20-16(22)8-9-19/h2-7,10H,8-9,19H2,1H3,(H,20,22)(H,21,23). The van der Waals surface area contributed by atoms with E-state index in [1.807, 2.05) is 0 Å². The van der Waals surface area contributed by atoms with E-state index in [0.717, 1.165) is 6.07 Å². The largest absolute Gasteiger partial charge is 0.497 e. The van der Waals surface area contributed by atoms with Crippen LogP contribution < -0.4 is 21.1 Å². The molecule has 2 aromatic carbocycles.